The van der Waals surface area contributed by atoms with E-state index in [1.54, 1.807) is 22.9 Å². The van der Waals surface area contributed by atoms with Gasteiger partial charge in [0.05, 0.1) is 33.6 Å². The van der Waals surface area contributed by atoms with Crippen molar-refractivity contribution in [1.82, 2.24) is 15.0 Å². The molecule has 2 aromatic carbocycles. The smallest absolute Gasteiger partial charge is 0.404 e. The number of carbonyl (C=O) groups is 2. The van der Waals surface area contributed by atoms with Crippen LogP contribution in [0.25, 0.3) is 21.2 Å². The van der Waals surface area contributed by atoms with Gasteiger partial charge in [-0.2, -0.15) is 17.9 Å². The Morgan fingerprint density at radius 1 is 1.12 bits per heavy atom. The first-order valence-corrected chi connectivity index (χ1v) is 15.0. The number of aromatic nitrogens is 1. The topological polar surface area (TPSA) is 135 Å². The van der Waals surface area contributed by atoms with Gasteiger partial charge in [0, 0.05) is 17.0 Å². The van der Waals surface area contributed by atoms with E-state index in [4.69, 9.17) is 9.84 Å². The van der Waals surface area contributed by atoms with Crippen molar-refractivity contribution in [2.75, 3.05) is 0 Å². The molecule has 0 bridgehead atoms. The van der Waals surface area contributed by atoms with Crippen LogP contribution in [-0.4, -0.2) is 54.2 Å². The average molecular weight is 614 g/mol. The molecule has 1 aliphatic carbocycles. The third kappa shape index (κ3) is 7.05. The maximum absolute atomic E-state index is 13.1. The van der Waals surface area contributed by atoms with Crippen molar-refractivity contribution in [3.63, 3.8) is 0 Å². The summed E-state index contributed by atoms with van der Waals surface area (Å²) in [7, 11) is -4.55. The van der Waals surface area contributed by atoms with Crippen LogP contribution in [0.2, 0.25) is 0 Å². The standard InChI is InChI=1S/C27H30F3N3O6S2/c1-14(27(28,29)30)33-41(37,38)21-10-9-19(17-7-5-6-8-18(17)21)22-20(13-39-26(2,3)4)32-24(40-22)23(34)31-16-11-15(12-16)25(35)36/h5-10,14-16,33H,11-13H2,1-4H3,(H,31,34)(H,35,36)/t14-,15-,16-/m0/s1. The van der Waals surface area contributed by atoms with Gasteiger partial charge in [-0.15, -0.1) is 11.3 Å². The monoisotopic (exact) mass is 613 g/mol. The first kappa shape index (κ1) is 30.9. The number of carbonyl (C=O) groups excluding carboxylic acids is 1. The Bertz CT molecular complexity index is 1580. The molecule has 1 atom stereocenters. The van der Waals surface area contributed by atoms with E-state index in [0.717, 1.165) is 18.3 Å². The third-order valence-electron chi connectivity index (χ3n) is 6.60. The highest BCUT2D eigenvalue weighted by Gasteiger charge is 2.39. The number of ether oxygens (including phenoxy) is 1. The largest absolute Gasteiger partial charge is 0.481 e. The number of amides is 1. The Morgan fingerprint density at radius 2 is 1.76 bits per heavy atom. The van der Waals surface area contributed by atoms with Crippen molar-refractivity contribution in [2.45, 2.75) is 75.9 Å². The second-order valence-corrected chi connectivity index (χ2v) is 13.6. The van der Waals surface area contributed by atoms with Crippen LogP contribution in [0.15, 0.2) is 41.3 Å². The van der Waals surface area contributed by atoms with Crippen molar-refractivity contribution < 1.29 is 41.0 Å². The molecule has 222 valence electrons. The number of hydrogen-bond acceptors (Lipinski definition) is 7. The number of aliphatic carboxylic acids is 1. The second-order valence-electron chi connectivity index (χ2n) is 10.9. The molecular formula is C27H30F3N3O6S2. The Balaban J connectivity index is 1.74. The molecule has 1 amide bonds. The number of halogens is 3. The molecule has 0 spiro atoms. The fourth-order valence-electron chi connectivity index (χ4n) is 4.29. The van der Waals surface area contributed by atoms with Gasteiger partial charge in [0.25, 0.3) is 5.91 Å². The van der Waals surface area contributed by atoms with Crippen molar-refractivity contribution in [3.05, 3.63) is 47.1 Å². The van der Waals surface area contributed by atoms with E-state index < -0.39 is 45.6 Å². The van der Waals surface area contributed by atoms with Crippen molar-refractivity contribution in [2.24, 2.45) is 5.92 Å². The van der Waals surface area contributed by atoms with Gasteiger partial charge in [0.15, 0.2) is 5.01 Å². The zero-order valence-electron chi connectivity index (χ0n) is 22.7. The molecule has 1 aliphatic rings. The summed E-state index contributed by atoms with van der Waals surface area (Å²) in [6.07, 6.45) is -4.12. The maximum atomic E-state index is 13.1. The fraction of sp³-hybridized carbons (Fsp3) is 0.444. The molecule has 0 radical (unpaired) electrons. The molecule has 1 fully saturated rings. The zero-order valence-corrected chi connectivity index (χ0v) is 24.3. The van der Waals surface area contributed by atoms with E-state index in [-0.39, 0.29) is 27.9 Å². The lowest BCUT2D eigenvalue weighted by Crippen LogP contribution is -2.46. The van der Waals surface area contributed by atoms with E-state index in [1.807, 2.05) is 20.8 Å². The molecule has 41 heavy (non-hydrogen) atoms. The van der Waals surface area contributed by atoms with Gasteiger partial charge in [-0.25, -0.2) is 13.4 Å². The van der Waals surface area contributed by atoms with E-state index in [9.17, 15) is 31.2 Å². The molecule has 1 saturated carbocycles. The van der Waals surface area contributed by atoms with Gasteiger partial charge >= 0.3 is 12.1 Å². The highest BCUT2D eigenvalue weighted by atomic mass is 32.2. The number of nitrogens with one attached hydrogen (secondary N) is 2. The SMILES string of the molecule is C[C@H](NS(=O)(=O)c1ccc(-c2sc(C(=O)N[C@H]3C[C@H](C(=O)O)C3)nc2COC(C)(C)C)c2ccccc12)C(F)(F)F. The van der Waals surface area contributed by atoms with Crippen LogP contribution in [0.1, 0.15) is 56.0 Å². The molecule has 3 aromatic rings. The van der Waals surface area contributed by atoms with Gasteiger partial charge in [0.2, 0.25) is 10.0 Å². The molecule has 9 nitrogen and oxygen atoms in total. The number of carboxylic acid groups (broad SMARTS) is 1. The van der Waals surface area contributed by atoms with Gasteiger partial charge < -0.3 is 15.2 Å². The van der Waals surface area contributed by atoms with Crippen LogP contribution in [0, 0.1) is 5.92 Å². The first-order valence-electron chi connectivity index (χ1n) is 12.7. The number of thiazole rings is 1. The van der Waals surface area contributed by atoms with E-state index in [2.05, 4.69) is 10.3 Å². The number of fused-ring (bicyclic) bond motifs is 1. The van der Waals surface area contributed by atoms with Crippen LogP contribution in [0.5, 0.6) is 0 Å². The van der Waals surface area contributed by atoms with Crippen LogP contribution in [0.4, 0.5) is 13.2 Å². The number of rotatable bonds is 9. The van der Waals surface area contributed by atoms with Crippen molar-refractivity contribution in [1.29, 1.82) is 0 Å². The first-order chi connectivity index (χ1) is 19.0. The lowest BCUT2D eigenvalue weighted by atomic mass is 9.80. The maximum Gasteiger partial charge on any atom is 0.404 e. The van der Waals surface area contributed by atoms with Gasteiger partial charge in [0.1, 0.15) is 6.04 Å². The Kier molecular flexibility index (Phi) is 8.52. The highest BCUT2D eigenvalue weighted by molar-refractivity contribution is 7.89. The molecule has 1 heterocycles. The molecule has 14 heteroatoms. The van der Waals surface area contributed by atoms with Gasteiger partial charge in [-0.3, -0.25) is 9.59 Å². The molecule has 1 aromatic heterocycles. The third-order valence-corrected chi connectivity index (χ3v) is 9.33. The Hall–Kier alpha value is -3.07. The summed E-state index contributed by atoms with van der Waals surface area (Å²) in [5.41, 5.74) is 0.417. The number of alkyl halides is 3. The lowest BCUT2D eigenvalue weighted by molar-refractivity contribution is -0.147. The molecule has 4 rings (SSSR count). The lowest BCUT2D eigenvalue weighted by Gasteiger charge is -2.32. The molecule has 0 unspecified atom stereocenters. The molecule has 3 N–H and O–H groups in total. The fourth-order valence-corrected chi connectivity index (χ4v) is 6.75. The number of carboxylic acids is 1. The summed E-state index contributed by atoms with van der Waals surface area (Å²) < 4.78 is 73.0. The van der Waals surface area contributed by atoms with Crippen LogP contribution >= 0.6 is 11.3 Å². The molecule has 0 saturated heterocycles. The predicted octanol–water partition coefficient (Wildman–Crippen LogP) is 5.10. The predicted molar refractivity (Wildman–Crippen MR) is 147 cm³/mol. The number of hydrogen-bond donors (Lipinski definition) is 3. The molecule has 0 aliphatic heterocycles. The normalized spacial score (nSPS) is 18.6. The minimum Gasteiger partial charge on any atom is -0.481 e. The minimum absolute atomic E-state index is 0.0339. The van der Waals surface area contributed by atoms with E-state index in [0.29, 0.717) is 34.4 Å². The molecular weight excluding hydrogens is 583 g/mol. The van der Waals surface area contributed by atoms with Gasteiger partial charge in [-0.05, 0) is 52.0 Å². The zero-order chi connectivity index (χ0) is 30.3. The van der Waals surface area contributed by atoms with Gasteiger partial charge in [-0.1, -0.05) is 30.3 Å². The van der Waals surface area contributed by atoms with E-state index >= 15 is 0 Å². The quantitative estimate of drug-likeness (QED) is 0.306. The number of benzene rings is 2. The summed E-state index contributed by atoms with van der Waals surface area (Å²) >= 11 is 1.06. The second kappa shape index (κ2) is 11.3. The Labute approximate surface area is 239 Å². The Morgan fingerprint density at radius 3 is 2.34 bits per heavy atom. The van der Waals surface area contributed by atoms with Crippen LogP contribution < -0.4 is 10.0 Å². The summed E-state index contributed by atoms with van der Waals surface area (Å²) in [6, 6.07) is 6.52. The summed E-state index contributed by atoms with van der Waals surface area (Å²) in [5, 5.41) is 12.7. The summed E-state index contributed by atoms with van der Waals surface area (Å²) in [6.45, 7) is 6.32. The summed E-state index contributed by atoms with van der Waals surface area (Å²) in [4.78, 5) is 28.9. The van der Waals surface area contributed by atoms with Crippen LogP contribution in [-0.2, 0) is 26.2 Å². The average Bonchev–Trinajstić information content (AvgIpc) is 3.26. The number of nitrogens with zero attached hydrogens (tertiary/aromatic N) is 1. The minimum atomic E-state index is -4.77. The van der Waals surface area contributed by atoms with Crippen LogP contribution in [0.3, 0.4) is 0 Å². The number of sulfonamides is 1. The summed E-state index contributed by atoms with van der Waals surface area (Å²) in [5.74, 6) is -1.88. The van der Waals surface area contributed by atoms with E-state index in [1.165, 1.54) is 18.2 Å². The van der Waals surface area contributed by atoms with Crippen molar-refractivity contribution in [3.8, 4) is 10.4 Å². The highest BCUT2D eigenvalue weighted by Crippen LogP contribution is 2.39. The van der Waals surface area contributed by atoms with Crippen molar-refractivity contribution >= 4 is 44.0 Å².